The van der Waals surface area contributed by atoms with Gasteiger partial charge in [0.05, 0.1) is 5.41 Å². The highest BCUT2D eigenvalue weighted by Gasteiger charge is 2.37. The van der Waals surface area contributed by atoms with Gasteiger partial charge in [-0.05, 0) is 26.3 Å². The van der Waals surface area contributed by atoms with E-state index in [1.165, 1.54) is 0 Å². The molecule has 0 aliphatic heterocycles. The van der Waals surface area contributed by atoms with Crippen LogP contribution in [0.15, 0.2) is 24.3 Å². The van der Waals surface area contributed by atoms with Crippen molar-refractivity contribution in [1.29, 1.82) is 0 Å². The van der Waals surface area contributed by atoms with Gasteiger partial charge in [-0.1, -0.05) is 38.1 Å². The third-order valence-corrected chi connectivity index (χ3v) is 3.10. The average molecular weight is 232 g/mol. The van der Waals surface area contributed by atoms with Gasteiger partial charge in [0.1, 0.15) is 5.78 Å². The van der Waals surface area contributed by atoms with E-state index in [0.29, 0.717) is 5.56 Å². The van der Waals surface area contributed by atoms with E-state index in [1.54, 1.807) is 19.9 Å². The van der Waals surface area contributed by atoms with Crippen LogP contribution in [0.4, 0.5) is 0 Å². The molecule has 0 unspecified atom stereocenters. The minimum atomic E-state index is -0.944. The van der Waals surface area contributed by atoms with Crippen molar-refractivity contribution >= 4 is 11.6 Å². The van der Waals surface area contributed by atoms with Crippen LogP contribution in [-0.4, -0.2) is 11.6 Å². The lowest BCUT2D eigenvalue weighted by Crippen LogP contribution is -2.36. The van der Waals surface area contributed by atoms with Gasteiger partial charge in [0.25, 0.3) is 0 Å². The fourth-order valence-corrected chi connectivity index (χ4v) is 2.00. The molecule has 0 fully saturated rings. The molecule has 0 bridgehead atoms. The fraction of sp³-hybridized carbons (Fsp3) is 0.467. The molecule has 0 aliphatic rings. The summed E-state index contributed by atoms with van der Waals surface area (Å²) in [4.78, 5) is 24.5. The first-order valence-corrected chi connectivity index (χ1v) is 5.93. The summed E-state index contributed by atoms with van der Waals surface area (Å²) in [6.45, 7) is 8.97. The first kappa shape index (κ1) is 13.6. The smallest absolute Gasteiger partial charge is 0.176 e. The molecular weight excluding hydrogens is 212 g/mol. The predicted octanol–water partition coefficient (Wildman–Crippen LogP) is 3.43. The van der Waals surface area contributed by atoms with Gasteiger partial charge in [-0.3, -0.25) is 9.59 Å². The summed E-state index contributed by atoms with van der Waals surface area (Å²) in [6, 6.07) is 7.40. The summed E-state index contributed by atoms with van der Waals surface area (Å²) in [6.07, 6.45) is 0. The normalized spacial score (nSPS) is 11.6. The Balaban J connectivity index is 3.14. The molecule has 0 spiro atoms. The van der Waals surface area contributed by atoms with Crippen molar-refractivity contribution in [3.8, 4) is 0 Å². The molecule has 17 heavy (non-hydrogen) atoms. The topological polar surface area (TPSA) is 34.1 Å². The molecule has 1 aromatic rings. The van der Waals surface area contributed by atoms with Gasteiger partial charge in [0, 0.05) is 11.5 Å². The average Bonchev–Trinajstić information content (AvgIpc) is 2.27. The molecule has 1 rings (SSSR count). The van der Waals surface area contributed by atoms with E-state index in [-0.39, 0.29) is 17.5 Å². The van der Waals surface area contributed by atoms with Crippen molar-refractivity contribution in [2.75, 3.05) is 0 Å². The second-order valence-corrected chi connectivity index (χ2v) is 5.29. The summed E-state index contributed by atoms with van der Waals surface area (Å²) in [5, 5.41) is 0. The minimum Gasteiger partial charge on any atom is -0.298 e. The molecule has 0 saturated carbocycles. The third-order valence-electron chi connectivity index (χ3n) is 3.10. The minimum absolute atomic E-state index is 0.00856. The van der Waals surface area contributed by atoms with Gasteiger partial charge in [-0.2, -0.15) is 0 Å². The number of carbonyl (C=O) groups is 2. The lowest BCUT2D eigenvalue weighted by Gasteiger charge is -2.24. The van der Waals surface area contributed by atoms with E-state index in [1.807, 2.05) is 39.0 Å². The van der Waals surface area contributed by atoms with Crippen LogP contribution >= 0.6 is 0 Å². The van der Waals surface area contributed by atoms with E-state index in [2.05, 4.69) is 0 Å². The third kappa shape index (κ3) is 2.63. The van der Waals surface area contributed by atoms with Gasteiger partial charge < -0.3 is 0 Å². The summed E-state index contributed by atoms with van der Waals surface area (Å²) < 4.78 is 0. The van der Waals surface area contributed by atoms with E-state index in [4.69, 9.17) is 0 Å². The van der Waals surface area contributed by atoms with Crippen LogP contribution in [0.25, 0.3) is 0 Å². The fourth-order valence-electron chi connectivity index (χ4n) is 2.00. The van der Waals surface area contributed by atoms with Crippen molar-refractivity contribution in [2.45, 2.75) is 34.6 Å². The molecule has 0 aliphatic carbocycles. The Labute approximate surface area is 103 Å². The second-order valence-electron chi connectivity index (χ2n) is 5.29. The Bertz CT molecular complexity index is 442. The van der Waals surface area contributed by atoms with Crippen molar-refractivity contribution in [2.24, 2.45) is 11.3 Å². The number of hydrogen-bond acceptors (Lipinski definition) is 2. The van der Waals surface area contributed by atoms with E-state index >= 15 is 0 Å². The first-order chi connectivity index (χ1) is 7.78. The Morgan fingerprint density at radius 3 is 2.12 bits per heavy atom. The van der Waals surface area contributed by atoms with Crippen LogP contribution in [0.2, 0.25) is 0 Å². The number of hydrogen-bond donors (Lipinski definition) is 0. The molecule has 0 N–H and O–H groups in total. The lowest BCUT2D eigenvalue weighted by molar-refractivity contribution is -0.127. The quantitative estimate of drug-likeness (QED) is 0.588. The molecule has 92 valence electrons. The molecule has 0 atom stereocenters. The molecule has 0 radical (unpaired) electrons. The van der Waals surface area contributed by atoms with Crippen LogP contribution in [0.3, 0.4) is 0 Å². The number of benzene rings is 1. The summed E-state index contributed by atoms with van der Waals surface area (Å²) in [7, 11) is 0. The Kier molecular flexibility index (Phi) is 3.87. The standard InChI is InChI=1S/C15H20O2/c1-10(2)13(16)15(4,5)14(17)12-9-7-6-8-11(12)3/h6-10H,1-5H3. The highest BCUT2D eigenvalue weighted by molar-refractivity contribution is 6.14. The van der Waals surface area contributed by atoms with Crippen molar-refractivity contribution in [1.82, 2.24) is 0 Å². The summed E-state index contributed by atoms with van der Waals surface area (Å²) >= 11 is 0. The van der Waals surface area contributed by atoms with Crippen LogP contribution in [0, 0.1) is 18.3 Å². The zero-order chi connectivity index (χ0) is 13.2. The molecule has 0 aromatic heterocycles. The Morgan fingerprint density at radius 2 is 1.65 bits per heavy atom. The van der Waals surface area contributed by atoms with Gasteiger partial charge in [0.2, 0.25) is 0 Å². The highest BCUT2D eigenvalue weighted by Crippen LogP contribution is 2.27. The molecular formula is C15H20O2. The van der Waals surface area contributed by atoms with E-state index < -0.39 is 5.41 Å². The van der Waals surface area contributed by atoms with Crippen LogP contribution < -0.4 is 0 Å². The highest BCUT2D eigenvalue weighted by atomic mass is 16.2. The maximum absolute atomic E-state index is 12.4. The summed E-state index contributed by atoms with van der Waals surface area (Å²) in [5.74, 6) is -0.224. The van der Waals surface area contributed by atoms with Gasteiger partial charge in [-0.25, -0.2) is 0 Å². The monoisotopic (exact) mass is 232 g/mol. The van der Waals surface area contributed by atoms with Gasteiger partial charge >= 0.3 is 0 Å². The predicted molar refractivity (Wildman–Crippen MR) is 69.1 cm³/mol. The molecule has 1 aromatic carbocycles. The molecule has 0 amide bonds. The second kappa shape index (κ2) is 4.82. The molecule has 0 heterocycles. The van der Waals surface area contributed by atoms with Crippen LogP contribution in [0.5, 0.6) is 0 Å². The largest absolute Gasteiger partial charge is 0.298 e. The van der Waals surface area contributed by atoms with E-state index in [9.17, 15) is 9.59 Å². The van der Waals surface area contributed by atoms with Crippen LogP contribution in [-0.2, 0) is 4.79 Å². The Hall–Kier alpha value is -1.44. The van der Waals surface area contributed by atoms with Crippen molar-refractivity contribution < 1.29 is 9.59 Å². The summed E-state index contributed by atoms with van der Waals surface area (Å²) in [5.41, 5.74) is 0.619. The molecule has 2 heteroatoms. The van der Waals surface area contributed by atoms with Gasteiger partial charge in [0.15, 0.2) is 5.78 Å². The molecule has 2 nitrogen and oxygen atoms in total. The SMILES string of the molecule is Cc1ccccc1C(=O)C(C)(C)C(=O)C(C)C. The molecule has 0 saturated heterocycles. The van der Waals surface area contributed by atoms with Crippen LogP contribution in [0.1, 0.15) is 43.6 Å². The van der Waals surface area contributed by atoms with Crippen molar-refractivity contribution in [3.05, 3.63) is 35.4 Å². The Morgan fingerprint density at radius 1 is 1.12 bits per heavy atom. The zero-order valence-electron chi connectivity index (χ0n) is 11.2. The number of Topliss-reactive ketones (excluding diaryl/α,β-unsaturated/α-hetero) is 2. The number of rotatable bonds is 4. The number of carbonyl (C=O) groups excluding carboxylic acids is 2. The first-order valence-electron chi connectivity index (χ1n) is 5.93. The van der Waals surface area contributed by atoms with Gasteiger partial charge in [-0.15, -0.1) is 0 Å². The number of aryl methyl sites for hydroxylation is 1. The van der Waals surface area contributed by atoms with E-state index in [0.717, 1.165) is 5.56 Å². The number of ketones is 2. The van der Waals surface area contributed by atoms with Crippen molar-refractivity contribution in [3.63, 3.8) is 0 Å². The maximum Gasteiger partial charge on any atom is 0.176 e. The lowest BCUT2D eigenvalue weighted by atomic mass is 9.76. The zero-order valence-corrected chi connectivity index (χ0v) is 11.2. The maximum atomic E-state index is 12.4.